The predicted molar refractivity (Wildman–Crippen MR) is 69.1 cm³/mol. The molecule has 2 aliphatic rings. The number of alkyl halides is 1. The van der Waals surface area contributed by atoms with Gasteiger partial charge < -0.3 is 4.90 Å². The molecule has 0 aliphatic carbocycles. The molecule has 1 amide bonds. The summed E-state index contributed by atoms with van der Waals surface area (Å²) in [4.78, 5) is 18.6. The first-order chi connectivity index (χ1) is 8.65. The van der Waals surface area contributed by atoms with E-state index in [0.29, 0.717) is 22.5 Å². The van der Waals surface area contributed by atoms with Crippen molar-refractivity contribution >= 4 is 21.8 Å². The summed E-state index contributed by atoms with van der Waals surface area (Å²) in [6, 6.07) is 1.86. The molecule has 0 N–H and O–H groups in total. The molecule has 3 rings (SSSR count). The normalized spacial score (nSPS) is 30.6. The van der Waals surface area contributed by atoms with Gasteiger partial charge in [0.1, 0.15) is 5.82 Å². The molecule has 0 saturated carbocycles. The summed E-state index contributed by atoms with van der Waals surface area (Å²) in [5, 5.41) is 0. The molecule has 5 heteroatoms. The van der Waals surface area contributed by atoms with Crippen LogP contribution in [0, 0.1) is 5.82 Å². The lowest BCUT2D eigenvalue weighted by Gasteiger charge is -2.37. The van der Waals surface area contributed by atoms with E-state index in [1.165, 1.54) is 12.3 Å². The fourth-order valence-electron chi connectivity index (χ4n) is 3.12. The van der Waals surface area contributed by atoms with Crippen LogP contribution in [0.4, 0.5) is 4.39 Å². The van der Waals surface area contributed by atoms with Gasteiger partial charge >= 0.3 is 0 Å². The Morgan fingerprint density at radius 1 is 1.33 bits per heavy atom. The van der Waals surface area contributed by atoms with E-state index in [2.05, 4.69) is 20.9 Å². The number of nitrogens with zero attached hydrogens (tertiary/aromatic N) is 2. The second-order valence-electron chi connectivity index (χ2n) is 5.06. The number of halogens is 2. The lowest BCUT2D eigenvalue weighted by molar-refractivity contribution is 0.0602. The van der Waals surface area contributed by atoms with E-state index in [4.69, 9.17) is 0 Å². The molecule has 3 nitrogen and oxygen atoms in total. The van der Waals surface area contributed by atoms with Crippen LogP contribution in [0.3, 0.4) is 0 Å². The Kier molecular flexibility index (Phi) is 3.09. The Bertz CT molecular complexity index is 468. The zero-order valence-corrected chi connectivity index (χ0v) is 11.4. The number of amides is 1. The Morgan fingerprint density at radius 2 is 2.00 bits per heavy atom. The maximum Gasteiger partial charge on any atom is 0.256 e. The highest BCUT2D eigenvalue weighted by Crippen LogP contribution is 2.39. The average Bonchev–Trinajstić information content (AvgIpc) is 2.61. The van der Waals surface area contributed by atoms with Crippen LogP contribution in [0.5, 0.6) is 0 Å². The molecule has 3 heterocycles. The lowest BCUT2D eigenvalue weighted by Crippen LogP contribution is -2.46. The number of carbonyl (C=O) groups excluding carboxylic acids is 1. The molecule has 2 atom stereocenters. The summed E-state index contributed by atoms with van der Waals surface area (Å²) in [6.07, 6.45) is 6.67. The largest absolute Gasteiger partial charge is 0.333 e. The van der Waals surface area contributed by atoms with Crippen LogP contribution in [0.1, 0.15) is 36.0 Å². The molecular formula is C13H14BrFN2O. The van der Waals surface area contributed by atoms with Crippen molar-refractivity contribution in [2.45, 2.75) is 42.6 Å². The maximum absolute atomic E-state index is 13.1. The van der Waals surface area contributed by atoms with Gasteiger partial charge in [-0.05, 0) is 31.7 Å². The number of pyridine rings is 1. The van der Waals surface area contributed by atoms with Gasteiger partial charge in [-0.3, -0.25) is 9.78 Å². The van der Waals surface area contributed by atoms with Crippen molar-refractivity contribution in [3.05, 3.63) is 29.8 Å². The molecule has 1 aromatic rings. The Balaban J connectivity index is 1.85. The van der Waals surface area contributed by atoms with Gasteiger partial charge in [0.15, 0.2) is 0 Å². The third-order valence-electron chi connectivity index (χ3n) is 3.86. The number of aromatic nitrogens is 1. The molecule has 2 bridgehead atoms. The molecule has 2 unspecified atom stereocenters. The number of fused-ring (bicyclic) bond motifs is 2. The van der Waals surface area contributed by atoms with E-state index in [9.17, 15) is 9.18 Å². The number of hydrogen-bond acceptors (Lipinski definition) is 2. The van der Waals surface area contributed by atoms with E-state index in [1.54, 1.807) is 0 Å². The Hall–Kier alpha value is -0.970. The van der Waals surface area contributed by atoms with E-state index in [0.717, 1.165) is 31.9 Å². The Labute approximate surface area is 114 Å². The van der Waals surface area contributed by atoms with Gasteiger partial charge in [-0.1, -0.05) is 15.9 Å². The maximum atomic E-state index is 13.1. The highest BCUT2D eigenvalue weighted by Gasteiger charge is 2.42. The van der Waals surface area contributed by atoms with Gasteiger partial charge in [0.2, 0.25) is 0 Å². The molecule has 2 saturated heterocycles. The number of rotatable bonds is 1. The smallest absolute Gasteiger partial charge is 0.256 e. The first-order valence-corrected chi connectivity index (χ1v) is 7.14. The first kappa shape index (κ1) is 12.1. The molecule has 1 aromatic heterocycles. The van der Waals surface area contributed by atoms with Crippen molar-refractivity contribution in [2.75, 3.05) is 0 Å². The summed E-state index contributed by atoms with van der Waals surface area (Å²) in [5.74, 6) is -0.530. The first-order valence-electron chi connectivity index (χ1n) is 6.22. The van der Waals surface area contributed by atoms with Crippen LogP contribution >= 0.6 is 15.9 Å². The van der Waals surface area contributed by atoms with E-state index >= 15 is 0 Å². The molecule has 0 aromatic carbocycles. The number of hydrogen-bond donors (Lipinski definition) is 0. The highest BCUT2D eigenvalue weighted by molar-refractivity contribution is 9.09. The molecule has 96 valence electrons. The monoisotopic (exact) mass is 312 g/mol. The van der Waals surface area contributed by atoms with Crippen LogP contribution in [-0.4, -0.2) is 32.7 Å². The van der Waals surface area contributed by atoms with Gasteiger partial charge in [0.25, 0.3) is 5.91 Å². The third-order valence-corrected chi connectivity index (χ3v) is 4.61. The SMILES string of the molecule is O=C(c1cncc(F)c1)N1C2CCC1CC(Br)C2. The predicted octanol–water partition coefficient (Wildman–Crippen LogP) is 2.75. The van der Waals surface area contributed by atoms with Gasteiger partial charge in [-0.2, -0.15) is 0 Å². The average molecular weight is 313 g/mol. The van der Waals surface area contributed by atoms with Gasteiger partial charge in [0, 0.05) is 23.1 Å². The van der Waals surface area contributed by atoms with Crippen LogP contribution in [-0.2, 0) is 0 Å². The van der Waals surface area contributed by atoms with Crippen molar-refractivity contribution in [2.24, 2.45) is 0 Å². The minimum Gasteiger partial charge on any atom is -0.333 e. The molecule has 2 aliphatic heterocycles. The standard InChI is InChI=1S/C13H14BrFN2O/c14-9-4-11-1-2-12(5-9)17(11)13(18)8-3-10(15)7-16-6-8/h3,6-7,9,11-12H,1-2,4-5H2. The number of carbonyl (C=O) groups is 1. The van der Waals surface area contributed by atoms with Crippen molar-refractivity contribution in [3.63, 3.8) is 0 Å². The lowest BCUT2D eigenvalue weighted by atomic mass is 10.0. The zero-order chi connectivity index (χ0) is 12.7. The van der Waals surface area contributed by atoms with E-state index in [1.807, 2.05) is 4.90 Å². The van der Waals surface area contributed by atoms with Crippen LogP contribution in [0.15, 0.2) is 18.5 Å². The Morgan fingerprint density at radius 3 is 2.61 bits per heavy atom. The summed E-state index contributed by atoms with van der Waals surface area (Å²) in [5.41, 5.74) is 0.361. The topological polar surface area (TPSA) is 33.2 Å². The fourth-order valence-corrected chi connectivity index (χ4v) is 3.98. The van der Waals surface area contributed by atoms with Crippen molar-refractivity contribution in [1.29, 1.82) is 0 Å². The van der Waals surface area contributed by atoms with Crippen LogP contribution in [0.2, 0.25) is 0 Å². The number of piperidine rings is 1. The summed E-state index contributed by atoms with van der Waals surface area (Å²) in [7, 11) is 0. The fraction of sp³-hybridized carbons (Fsp3) is 0.538. The quantitative estimate of drug-likeness (QED) is 0.747. The van der Waals surface area contributed by atoms with Crippen molar-refractivity contribution in [3.8, 4) is 0 Å². The zero-order valence-electron chi connectivity index (χ0n) is 9.85. The second-order valence-corrected chi connectivity index (χ2v) is 6.35. The van der Waals surface area contributed by atoms with Gasteiger partial charge in [0.05, 0.1) is 11.8 Å². The highest BCUT2D eigenvalue weighted by atomic mass is 79.9. The minimum atomic E-state index is -0.455. The summed E-state index contributed by atoms with van der Waals surface area (Å²) < 4.78 is 13.1. The van der Waals surface area contributed by atoms with Crippen LogP contribution < -0.4 is 0 Å². The van der Waals surface area contributed by atoms with Crippen LogP contribution in [0.25, 0.3) is 0 Å². The van der Waals surface area contributed by atoms with E-state index in [-0.39, 0.29) is 5.91 Å². The summed E-state index contributed by atoms with van der Waals surface area (Å²) >= 11 is 3.64. The van der Waals surface area contributed by atoms with Crippen molar-refractivity contribution < 1.29 is 9.18 Å². The molecule has 0 spiro atoms. The molecule has 2 fully saturated rings. The van der Waals surface area contributed by atoms with Gasteiger partial charge in [-0.25, -0.2) is 4.39 Å². The molecule has 0 radical (unpaired) electrons. The van der Waals surface area contributed by atoms with E-state index < -0.39 is 5.82 Å². The summed E-state index contributed by atoms with van der Waals surface area (Å²) in [6.45, 7) is 0. The minimum absolute atomic E-state index is 0.0751. The third kappa shape index (κ3) is 2.05. The molecule has 18 heavy (non-hydrogen) atoms. The van der Waals surface area contributed by atoms with Crippen molar-refractivity contribution in [1.82, 2.24) is 9.88 Å². The molecular weight excluding hydrogens is 299 g/mol. The van der Waals surface area contributed by atoms with Gasteiger partial charge in [-0.15, -0.1) is 0 Å². The second kappa shape index (κ2) is 4.61.